The predicted octanol–water partition coefficient (Wildman–Crippen LogP) is 1.64. The Morgan fingerprint density at radius 1 is 0.783 bits per heavy atom. The number of carbonyl (C=O) groups excluding carboxylic acids is 2. The molecule has 0 aromatic carbocycles. The molecule has 0 heterocycles. The van der Waals surface area contributed by atoms with Crippen molar-refractivity contribution in [2.24, 2.45) is 5.92 Å². The molecular formula is C11H22O10P2. The van der Waals surface area contributed by atoms with E-state index in [1.807, 2.05) is 0 Å². The first-order chi connectivity index (χ1) is 10.7. The van der Waals surface area contributed by atoms with Gasteiger partial charge in [-0.25, -0.2) is 0 Å². The molecule has 0 amide bonds. The molecule has 0 bridgehead atoms. The van der Waals surface area contributed by atoms with Crippen LogP contribution in [-0.4, -0.2) is 60.0 Å². The van der Waals surface area contributed by atoms with Gasteiger partial charge >= 0.3 is 27.1 Å². The molecule has 0 saturated carbocycles. The second-order valence-electron chi connectivity index (χ2n) is 4.13. The molecular weight excluding hydrogens is 354 g/mol. The van der Waals surface area contributed by atoms with Gasteiger partial charge in [-0.2, -0.15) is 0 Å². The van der Waals surface area contributed by atoms with Gasteiger partial charge < -0.3 is 27.6 Å². The van der Waals surface area contributed by atoms with Gasteiger partial charge in [-0.05, 0) is 0 Å². The van der Waals surface area contributed by atoms with Crippen LogP contribution in [0.2, 0.25) is 0 Å². The molecule has 0 radical (unpaired) electrons. The van der Waals surface area contributed by atoms with Gasteiger partial charge in [-0.3, -0.25) is 18.7 Å². The number of esters is 2. The lowest BCUT2D eigenvalue weighted by atomic mass is 10.1. The van der Waals surface area contributed by atoms with Gasteiger partial charge in [0.15, 0.2) is 5.40 Å². The first kappa shape index (κ1) is 22.2. The molecule has 0 aromatic rings. The lowest BCUT2D eigenvalue weighted by molar-refractivity contribution is -0.151. The second kappa shape index (κ2) is 9.52. The summed E-state index contributed by atoms with van der Waals surface area (Å²) in [4.78, 5) is 23.6. The molecule has 0 aliphatic heterocycles. The van der Waals surface area contributed by atoms with Crippen molar-refractivity contribution in [3.8, 4) is 0 Å². The van der Waals surface area contributed by atoms with Crippen LogP contribution in [0, 0.1) is 5.92 Å². The zero-order valence-electron chi connectivity index (χ0n) is 13.8. The third kappa shape index (κ3) is 5.11. The summed E-state index contributed by atoms with van der Waals surface area (Å²) in [7, 11) is -2.00. The number of hydrogen-bond donors (Lipinski definition) is 0. The normalized spacial score (nSPS) is 13.7. The monoisotopic (exact) mass is 376 g/mol. The predicted molar refractivity (Wildman–Crippen MR) is 79.2 cm³/mol. The SMILES string of the molecule is COC(=O)CC(C(=O)OC)C(P(=O)(OC)OC)P(=O)(OC)OC. The Bertz CT molecular complexity index is 463. The fraction of sp³-hybridized carbons (Fsp3) is 0.818. The van der Waals surface area contributed by atoms with Crippen LogP contribution in [0.4, 0.5) is 0 Å². The van der Waals surface area contributed by atoms with Crippen molar-refractivity contribution in [1.82, 2.24) is 0 Å². The van der Waals surface area contributed by atoms with E-state index >= 15 is 0 Å². The Balaban J connectivity index is 6.23. The Morgan fingerprint density at radius 3 is 1.43 bits per heavy atom. The Kier molecular flexibility index (Phi) is 9.20. The summed E-state index contributed by atoms with van der Waals surface area (Å²) in [6.45, 7) is 0. The lowest BCUT2D eigenvalue weighted by Gasteiger charge is -2.32. The highest BCUT2D eigenvalue weighted by Gasteiger charge is 2.57. The lowest BCUT2D eigenvalue weighted by Crippen LogP contribution is -2.33. The van der Waals surface area contributed by atoms with Crippen molar-refractivity contribution in [2.45, 2.75) is 11.8 Å². The third-order valence-electron chi connectivity index (χ3n) is 3.14. The topological polar surface area (TPSA) is 124 Å². The Hall–Kier alpha value is -0.760. The van der Waals surface area contributed by atoms with E-state index in [4.69, 9.17) is 18.1 Å². The van der Waals surface area contributed by atoms with Crippen LogP contribution in [0.25, 0.3) is 0 Å². The number of hydrogen-bond acceptors (Lipinski definition) is 10. The number of methoxy groups -OCH3 is 2. The van der Waals surface area contributed by atoms with Crippen LogP contribution in [-0.2, 0) is 46.3 Å². The van der Waals surface area contributed by atoms with Crippen molar-refractivity contribution in [3.05, 3.63) is 0 Å². The van der Waals surface area contributed by atoms with Gasteiger partial charge in [0, 0.05) is 28.4 Å². The molecule has 0 N–H and O–H groups in total. The summed E-state index contributed by atoms with van der Waals surface area (Å²) in [6.07, 6.45) is -0.582. The minimum atomic E-state index is -4.16. The number of carbonyl (C=O) groups is 2. The molecule has 0 fully saturated rings. The van der Waals surface area contributed by atoms with E-state index in [-0.39, 0.29) is 0 Å². The van der Waals surface area contributed by atoms with Crippen molar-refractivity contribution in [1.29, 1.82) is 0 Å². The van der Waals surface area contributed by atoms with Gasteiger partial charge in [0.2, 0.25) is 0 Å². The van der Waals surface area contributed by atoms with Gasteiger partial charge in [0.1, 0.15) is 0 Å². The summed E-state index contributed by atoms with van der Waals surface area (Å²) in [5.41, 5.74) is 0. The number of rotatable bonds is 10. The molecule has 0 aromatic heterocycles. The number of ether oxygens (including phenoxy) is 2. The van der Waals surface area contributed by atoms with Gasteiger partial charge in [-0.1, -0.05) is 0 Å². The summed E-state index contributed by atoms with van der Waals surface area (Å²) < 4.78 is 54.0. The molecule has 1 unspecified atom stereocenters. The molecule has 23 heavy (non-hydrogen) atoms. The maximum Gasteiger partial charge on any atom is 0.346 e. The fourth-order valence-corrected chi connectivity index (χ4v) is 6.93. The summed E-state index contributed by atoms with van der Waals surface area (Å²) >= 11 is 0. The van der Waals surface area contributed by atoms with Crippen LogP contribution < -0.4 is 0 Å². The Labute approximate surface area is 134 Å². The van der Waals surface area contributed by atoms with E-state index in [9.17, 15) is 18.7 Å². The van der Waals surface area contributed by atoms with E-state index < -0.39 is 44.9 Å². The maximum atomic E-state index is 12.8. The van der Waals surface area contributed by atoms with E-state index in [0.717, 1.165) is 42.7 Å². The molecule has 0 rings (SSSR count). The highest BCUT2D eigenvalue weighted by molar-refractivity contribution is 7.72. The van der Waals surface area contributed by atoms with E-state index in [0.29, 0.717) is 0 Å². The van der Waals surface area contributed by atoms with Gasteiger partial charge in [-0.15, -0.1) is 0 Å². The highest BCUT2D eigenvalue weighted by atomic mass is 31.2. The molecule has 12 heteroatoms. The molecule has 136 valence electrons. The van der Waals surface area contributed by atoms with Gasteiger partial charge in [0.05, 0.1) is 26.6 Å². The largest absolute Gasteiger partial charge is 0.469 e. The quantitative estimate of drug-likeness (QED) is 0.410. The first-order valence-corrected chi connectivity index (χ1v) is 9.49. The minimum absolute atomic E-state index is 0.582. The average Bonchev–Trinajstić information content (AvgIpc) is 2.59. The zero-order chi connectivity index (χ0) is 18.3. The zero-order valence-corrected chi connectivity index (χ0v) is 15.6. The summed E-state index contributed by atoms with van der Waals surface area (Å²) in [5.74, 6) is -3.28. The van der Waals surface area contributed by atoms with Crippen molar-refractivity contribution in [2.75, 3.05) is 42.7 Å². The minimum Gasteiger partial charge on any atom is -0.469 e. The maximum absolute atomic E-state index is 12.8. The summed E-state index contributed by atoms with van der Waals surface area (Å²) in [6, 6.07) is 0. The van der Waals surface area contributed by atoms with Crippen LogP contribution in [0.15, 0.2) is 0 Å². The van der Waals surface area contributed by atoms with Crippen LogP contribution in [0.5, 0.6) is 0 Å². The van der Waals surface area contributed by atoms with Gasteiger partial charge in [0.25, 0.3) is 0 Å². The third-order valence-corrected chi connectivity index (χ3v) is 8.89. The van der Waals surface area contributed by atoms with Crippen LogP contribution in [0.1, 0.15) is 6.42 Å². The van der Waals surface area contributed by atoms with Crippen molar-refractivity contribution < 1.29 is 46.3 Å². The van der Waals surface area contributed by atoms with E-state index in [1.165, 1.54) is 0 Å². The first-order valence-electron chi connectivity index (χ1n) is 6.26. The summed E-state index contributed by atoms with van der Waals surface area (Å²) in [5, 5.41) is -1.72. The fourth-order valence-electron chi connectivity index (χ4n) is 1.92. The van der Waals surface area contributed by atoms with Crippen LogP contribution >= 0.6 is 15.2 Å². The van der Waals surface area contributed by atoms with Crippen molar-refractivity contribution in [3.63, 3.8) is 0 Å². The standard InChI is InChI=1S/C11H22O10P2/c1-16-9(12)7-8(10(13)17-2)11(22(14,18-3)19-4)23(15,20-5)21-6/h8,11H,7H2,1-6H3. The van der Waals surface area contributed by atoms with Crippen molar-refractivity contribution >= 4 is 27.1 Å². The molecule has 0 aliphatic carbocycles. The molecule has 1 atom stereocenters. The van der Waals surface area contributed by atoms with Crippen LogP contribution in [0.3, 0.4) is 0 Å². The molecule has 0 aliphatic rings. The molecule has 0 spiro atoms. The second-order valence-corrected chi connectivity index (χ2v) is 9.27. The van der Waals surface area contributed by atoms with E-state index in [2.05, 4.69) is 9.47 Å². The smallest absolute Gasteiger partial charge is 0.346 e. The van der Waals surface area contributed by atoms with E-state index in [1.54, 1.807) is 0 Å². The molecule has 0 saturated heterocycles. The highest BCUT2D eigenvalue weighted by Crippen LogP contribution is 2.72. The average molecular weight is 376 g/mol. The Morgan fingerprint density at radius 2 is 1.17 bits per heavy atom. The molecule has 10 nitrogen and oxygen atoms in total.